The van der Waals surface area contributed by atoms with Gasteiger partial charge >= 0.3 is 5.63 Å². The smallest absolute Gasteiger partial charge is 0.336 e. The molecular formula is C23H26N2O2S. The van der Waals surface area contributed by atoms with Gasteiger partial charge in [-0.05, 0) is 49.2 Å². The van der Waals surface area contributed by atoms with Crippen molar-refractivity contribution < 1.29 is 4.42 Å². The van der Waals surface area contributed by atoms with Gasteiger partial charge in [0.2, 0.25) is 0 Å². The van der Waals surface area contributed by atoms with E-state index in [-0.39, 0.29) is 5.63 Å². The average molecular weight is 395 g/mol. The molecule has 0 radical (unpaired) electrons. The molecule has 1 aromatic heterocycles. The average Bonchev–Trinajstić information content (AvgIpc) is 2.69. The second kappa shape index (κ2) is 8.41. The first-order chi connectivity index (χ1) is 13.6. The van der Waals surface area contributed by atoms with Gasteiger partial charge in [-0.25, -0.2) is 4.79 Å². The molecule has 1 saturated heterocycles. The van der Waals surface area contributed by atoms with Crippen molar-refractivity contribution in [1.82, 2.24) is 4.90 Å². The highest BCUT2D eigenvalue weighted by atomic mass is 32.2. The van der Waals surface area contributed by atoms with Crippen LogP contribution in [-0.4, -0.2) is 43.4 Å². The third-order valence-corrected chi connectivity index (χ3v) is 6.40. The summed E-state index contributed by atoms with van der Waals surface area (Å²) in [6.45, 7) is 9.56. The highest BCUT2D eigenvalue weighted by Crippen LogP contribution is 2.25. The minimum Gasteiger partial charge on any atom is -0.423 e. The highest BCUT2D eigenvalue weighted by molar-refractivity contribution is 7.99. The number of aryl methyl sites for hydroxylation is 2. The van der Waals surface area contributed by atoms with Crippen LogP contribution in [0.1, 0.15) is 11.1 Å². The fourth-order valence-corrected chi connectivity index (χ4v) is 4.76. The normalized spacial score (nSPS) is 15.3. The Bertz CT molecular complexity index is 1020. The van der Waals surface area contributed by atoms with Gasteiger partial charge in [0.15, 0.2) is 0 Å². The zero-order valence-electron chi connectivity index (χ0n) is 16.5. The number of hydrogen-bond donors (Lipinski definition) is 0. The van der Waals surface area contributed by atoms with E-state index in [0.29, 0.717) is 5.58 Å². The van der Waals surface area contributed by atoms with Crippen molar-refractivity contribution in [2.45, 2.75) is 18.7 Å². The first-order valence-electron chi connectivity index (χ1n) is 9.80. The molecule has 0 atom stereocenters. The van der Waals surface area contributed by atoms with Crippen LogP contribution in [0.5, 0.6) is 0 Å². The maximum Gasteiger partial charge on any atom is 0.336 e. The summed E-state index contributed by atoms with van der Waals surface area (Å²) in [4.78, 5) is 17.8. The molecule has 146 valence electrons. The topological polar surface area (TPSA) is 36.7 Å². The zero-order valence-corrected chi connectivity index (χ0v) is 17.3. The number of thioether (sulfide) groups is 1. The minimum absolute atomic E-state index is 0.279. The molecule has 4 rings (SSSR count). The van der Waals surface area contributed by atoms with Crippen LogP contribution in [0.4, 0.5) is 5.69 Å². The van der Waals surface area contributed by atoms with Gasteiger partial charge in [-0.3, -0.25) is 4.90 Å². The molecule has 5 heteroatoms. The summed E-state index contributed by atoms with van der Waals surface area (Å²) >= 11 is 1.82. The lowest BCUT2D eigenvalue weighted by atomic mass is 10.1. The Kier molecular flexibility index (Phi) is 5.74. The Morgan fingerprint density at radius 3 is 2.54 bits per heavy atom. The Hall–Kier alpha value is -2.24. The van der Waals surface area contributed by atoms with Crippen molar-refractivity contribution in [3.8, 4) is 0 Å². The Labute approximate surface area is 170 Å². The molecular weight excluding hydrogens is 368 g/mol. The van der Waals surface area contributed by atoms with Gasteiger partial charge in [0.25, 0.3) is 0 Å². The largest absolute Gasteiger partial charge is 0.423 e. The number of nitrogens with zero attached hydrogens (tertiary/aromatic N) is 2. The van der Waals surface area contributed by atoms with E-state index in [1.54, 1.807) is 6.07 Å². The van der Waals surface area contributed by atoms with E-state index in [2.05, 4.69) is 53.1 Å². The molecule has 0 aliphatic carbocycles. The number of anilines is 1. The van der Waals surface area contributed by atoms with E-state index in [0.717, 1.165) is 54.3 Å². The summed E-state index contributed by atoms with van der Waals surface area (Å²) in [6, 6.07) is 16.3. The Morgan fingerprint density at radius 2 is 1.75 bits per heavy atom. The number of piperazine rings is 1. The van der Waals surface area contributed by atoms with Gasteiger partial charge in [-0.2, -0.15) is 0 Å². The van der Waals surface area contributed by atoms with Gasteiger partial charge < -0.3 is 9.32 Å². The van der Waals surface area contributed by atoms with Crippen molar-refractivity contribution in [2.24, 2.45) is 0 Å². The zero-order chi connectivity index (χ0) is 19.5. The number of rotatable bonds is 5. The fraction of sp³-hybridized carbons (Fsp3) is 0.348. The van der Waals surface area contributed by atoms with Crippen LogP contribution in [-0.2, 0) is 0 Å². The summed E-state index contributed by atoms with van der Waals surface area (Å²) in [5.41, 5.74) is 4.09. The van der Waals surface area contributed by atoms with Crippen LogP contribution in [0, 0.1) is 13.8 Å². The van der Waals surface area contributed by atoms with Gasteiger partial charge in [0.1, 0.15) is 5.58 Å². The molecule has 28 heavy (non-hydrogen) atoms. The lowest BCUT2D eigenvalue weighted by Crippen LogP contribution is -2.47. The van der Waals surface area contributed by atoms with Gasteiger partial charge in [-0.1, -0.05) is 18.2 Å². The van der Waals surface area contributed by atoms with Crippen LogP contribution in [0.15, 0.2) is 62.6 Å². The van der Waals surface area contributed by atoms with Gasteiger partial charge in [0.05, 0.1) is 0 Å². The van der Waals surface area contributed by atoms with E-state index in [1.165, 1.54) is 11.3 Å². The Morgan fingerprint density at radius 1 is 0.964 bits per heavy atom. The van der Waals surface area contributed by atoms with Crippen LogP contribution in [0.2, 0.25) is 0 Å². The lowest BCUT2D eigenvalue weighted by molar-refractivity contribution is 0.273. The predicted octanol–water partition coefficient (Wildman–Crippen LogP) is 4.32. The molecule has 0 unspecified atom stereocenters. The molecule has 0 saturated carbocycles. The summed E-state index contributed by atoms with van der Waals surface area (Å²) in [6.07, 6.45) is 0. The van der Waals surface area contributed by atoms with Crippen molar-refractivity contribution in [3.05, 3.63) is 70.1 Å². The Balaban J connectivity index is 1.30. The van der Waals surface area contributed by atoms with E-state index >= 15 is 0 Å². The molecule has 0 bridgehead atoms. The van der Waals surface area contributed by atoms with Gasteiger partial charge in [-0.15, -0.1) is 11.8 Å². The summed E-state index contributed by atoms with van der Waals surface area (Å²) in [5, 5.41) is 1.01. The van der Waals surface area contributed by atoms with Crippen molar-refractivity contribution in [2.75, 3.05) is 43.4 Å². The molecule has 3 aromatic rings. The first-order valence-corrected chi connectivity index (χ1v) is 10.8. The van der Waals surface area contributed by atoms with Crippen LogP contribution in [0.25, 0.3) is 11.0 Å². The van der Waals surface area contributed by atoms with Crippen molar-refractivity contribution in [1.29, 1.82) is 0 Å². The molecule has 0 amide bonds. The van der Waals surface area contributed by atoms with Crippen LogP contribution < -0.4 is 10.5 Å². The summed E-state index contributed by atoms with van der Waals surface area (Å²) < 4.78 is 5.36. The van der Waals surface area contributed by atoms with Crippen LogP contribution in [0.3, 0.4) is 0 Å². The molecule has 2 aromatic carbocycles. The SMILES string of the molecule is Cc1ccccc1N1CCN(CCSc2ccc3c(C)cc(=O)oc3c2)CC1. The maximum atomic E-state index is 11.6. The molecule has 1 aliphatic heterocycles. The van der Waals surface area contributed by atoms with E-state index in [1.807, 2.05) is 24.8 Å². The van der Waals surface area contributed by atoms with E-state index in [9.17, 15) is 4.79 Å². The fourth-order valence-electron chi connectivity index (χ4n) is 3.82. The minimum atomic E-state index is -0.279. The van der Waals surface area contributed by atoms with Gasteiger partial charge in [0, 0.05) is 60.5 Å². The molecule has 0 N–H and O–H groups in total. The predicted molar refractivity (Wildman–Crippen MR) is 118 cm³/mol. The molecule has 1 aliphatic rings. The second-order valence-corrected chi connectivity index (χ2v) is 8.54. The van der Waals surface area contributed by atoms with Crippen molar-refractivity contribution in [3.63, 3.8) is 0 Å². The van der Waals surface area contributed by atoms with Crippen molar-refractivity contribution >= 4 is 28.4 Å². The van der Waals surface area contributed by atoms with E-state index in [4.69, 9.17) is 4.42 Å². The first kappa shape index (κ1) is 19.1. The third kappa shape index (κ3) is 4.26. The number of para-hydroxylation sites is 1. The molecule has 2 heterocycles. The molecule has 4 nitrogen and oxygen atoms in total. The number of benzene rings is 2. The van der Waals surface area contributed by atoms with E-state index < -0.39 is 0 Å². The number of fused-ring (bicyclic) bond motifs is 1. The summed E-state index contributed by atoms with van der Waals surface area (Å²) in [7, 11) is 0. The quantitative estimate of drug-likeness (QED) is 0.476. The summed E-state index contributed by atoms with van der Waals surface area (Å²) in [5.74, 6) is 1.03. The highest BCUT2D eigenvalue weighted by Gasteiger charge is 2.17. The molecule has 0 spiro atoms. The maximum absolute atomic E-state index is 11.6. The standard InChI is InChI=1S/C23H26N2O2S/c1-17-5-3-4-6-21(17)25-11-9-24(10-12-25)13-14-28-19-7-8-20-18(2)15-23(26)27-22(20)16-19/h3-8,15-16H,9-14H2,1-2H3. The third-order valence-electron chi connectivity index (χ3n) is 5.43. The van der Waals surface area contributed by atoms with Crippen LogP contribution >= 0.6 is 11.8 Å². The second-order valence-electron chi connectivity index (χ2n) is 7.37. The monoisotopic (exact) mass is 394 g/mol. The number of hydrogen-bond acceptors (Lipinski definition) is 5. The molecule has 1 fully saturated rings. The lowest BCUT2D eigenvalue weighted by Gasteiger charge is -2.36.